The van der Waals surface area contributed by atoms with Gasteiger partial charge in [-0.25, -0.2) is 0 Å². The van der Waals surface area contributed by atoms with Gasteiger partial charge in [0.2, 0.25) is 0 Å². The third kappa shape index (κ3) is 2.78. The fraction of sp³-hybridized carbons (Fsp3) is 0.615. The van der Waals surface area contributed by atoms with E-state index in [-0.39, 0.29) is 0 Å². The smallest absolute Gasteiger partial charge is 0.0313 e. The SMILES string of the molecule is Cc1cncc(CNC2CCCC2C)c1. The van der Waals surface area contributed by atoms with E-state index in [0.29, 0.717) is 6.04 Å². The number of aromatic nitrogens is 1. The van der Waals surface area contributed by atoms with Gasteiger partial charge < -0.3 is 5.32 Å². The van der Waals surface area contributed by atoms with Gasteiger partial charge in [0.15, 0.2) is 0 Å². The van der Waals surface area contributed by atoms with Crippen molar-refractivity contribution in [2.24, 2.45) is 5.92 Å². The molecule has 2 rings (SSSR count). The van der Waals surface area contributed by atoms with Crippen LogP contribution >= 0.6 is 0 Å². The zero-order chi connectivity index (χ0) is 10.7. The third-order valence-corrected chi connectivity index (χ3v) is 3.36. The summed E-state index contributed by atoms with van der Waals surface area (Å²) in [6.45, 7) is 5.40. The topological polar surface area (TPSA) is 24.9 Å². The second-order valence-electron chi connectivity index (χ2n) is 4.77. The Morgan fingerprint density at radius 2 is 2.27 bits per heavy atom. The first-order chi connectivity index (χ1) is 7.25. The van der Waals surface area contributed by atoms with Crippen LogP contribution in [0.5, 0.6) is 0 Å². The highest BCUT2D eigenvalue weighted by molar-refractivity contribution is 5.16. The molecule has 2 unspecified atom stereocenters. The van der Waals surface area contributed by atoms with Gasteiger partial charge in [0.05, 0.1) is 0 Å². The Balaban J connectivity index is 1.87. The minimum atomic E-state index is 0.713. The van der Waals surface area contributed by atoms with Gasteiger partial charge in [-0.3, -0.25) is 4.98 Å². The van der Waals surface area contributed by atoms with Crippen LogP contribution < -0.4 is 5.32 Å². The first-order valence-corrected chi connectivity index (χ1v) is 5.89. The summed E-state index contributed by atoms with van der Waals surface area (Å²) < 4.78 is 0. The van der Waals surface area contributed by atoms with E-state index in [9.17, 15) is 0 Å². The highest BCUT2D eigenvalue weighted by Crippen LogP contribution is 2.24. The molecule has 2 heteroatoms. The van der Waals surface area contributed by atoms with Crippen molar-refractivity contribution in [1.29, 1.82) is 0 Å². The molecular formula is C13H20N2. The summed E-state index contributed by atoms with van der Waals surface area (Å²) in [7, 11) is 0. The van der Waals surface area contributed by atoms with E-state index in [4.69, 9.17) is 0 Å². The molecule has 0 aliphatic heterocycles. The van der Waals surface area contributed by atoms with Gasteiger partial charge in [0.1, 0.15) is 0 Å². The van der Waals surface area contributed by atoms with E-state index in [1.807, 2.05) is 12.4 Å². The summed E-state index contributed by atoms with van der Waals surface area (Å²) in [5, 5.41) is 3.63. The van der Waals surface area contributed by atoms with Crippen LogP contribution in [0.15, 0.2) is 18.5 Å². The number of rotatable bonds is 3. The van der Waals surface area contributed by atoms with Crippen LogP contribution in [0.4, 0.5) is 0 Å². The lowest BCUT2D eigenvalue weighted by molar-refractivity contribution is 0.426. The van der Waals surface area contributed by atoms with Crippen molar-refractivity contribution in [2.75, 3.05) is 0 Å². The van der Waals surface area contributed by atoms with E-state index in [2.05, 4.69) is 30.2 Å². The quantitative estimate of drug-likeness (QED) is 0.818. The molecule has 0 saturated heterocycles. The molecule has 1 heterocycles. The molecule has 82 valence electrons. The molecule has 15 heavy (non-hydrogen) atoms. The van der Waals surface area contributed by atoms with Crippen molar-refractivity contribution in [2.45, 2.75) is 45.7 Å². The van der Waals surface area contributed by atoms with Crippen molar-refractivity contribution < 1.29 is 0 Å². The molecule has 0 bridgehead atoms. The normalized spacial score (nSPS) is 25.7. The molecule has 1 aromatic rings. The van der Waals surface area contributed by atoms with Crippen molar-refractivity contribution in [1.82, 2.24) is 10.3 Å². The van der Waals surface area contributed by atoms with Gasteiger partial charge in [-0.15, -0.1) is 0 Å². The van der Waals surface area contributed by atoms with Crippen LogP contribution in [0.2, 0.25) is 0 Å². The van der Waals surface area contributed by atoms with Gasteiger partial charge >= 0.3 is 0 Å². The van der Waals surface area contributed by atoms with Crippen molar-refractivity contribution in [3.05, 3.63) is 29.6 Å². The predicted molar refractivity (Wildman–Crippen MR) is 62.6 cm³/mol. The lowest BCUT2D eigenvalue weighted by Crippen LogP contribution is -2.30. The number of nitrogens with zero attached hydrogens (tertiary/aromatic N) is 1. The highest BCUT2D eigenvalue weighted by Gasteiger charge is 2.22. The Kier molecular flexibility index (Phi) is 3.37. The van der Waals surface area contributed by atoms with Crippen molar-refractivity contribution >= 4 is 0 Å². The van der Waals surface area contributed by atoms with E-state index in [1.165, 1.54) is 30.4 Å². The Morgan fingerprint density at radius 1 is 1.40 bits per heavy atom. The number of nitrogens with one attached hydrogen (secondary N) is 1. The molecule has 0 spiro atoms. The van der Waals surface area contributed by atoms with Crippen LogP contribution in [0.3, 0.4) is 0 Å². The lowest BCUT2D eigenvalue weighted by atomic mass is 10.1. The number of hydrogen-bond acceptors (Lipinski definition) is 2. The van der Waals surface area contributed by atoms with E-state index < -0.39 is 0 Å². The van der Waals surface area contributed by atoms with Gasteiger partial charge in [-0.05, 0) is 36.8 Å². The zero-order valence-corrected chi connectivity index (χ0v) is 9.66. The zero-order valence-electron chi connectivity index (χ0n) is 9.66. The third-order valence-electron chi connectivity index (χ3n) is 3.36. The highest BCUT2D eigenvalue weighted by atomic mass is 14.9. The van der Waals surface area contributed by atoms with E-state index in [1.54, 1.807) is 0 Å². The molecular weight excluding hydrogens is 184 g/mol. The van der Waals surface area contributed by atoms with Crippen molar-refractivity contribution in [3.8, 4) is 0 Å². The van der Waals surface area contributed by atoms with Gasteiger partial charge in [-0.2, -0.15) is 0 Å². The fourth-order valence-electron chi connectivity index (χ4n) is 2.41. The van der Waals surface area contributed by atoms with E-state index in [0.717, 1.165) is 12.5 Å². The second kappa shape index (κ2) is 4.75. The molecule has 1 saturated carbocycles. The second-order valence-corrected chi connectivity index (χ2v) is 4.77. The van der Waals surface area contributed by atoms with Gasteiger partial charge in [0, 0.05) is 25.0 Å². The predicted octanol–water partition coefficient (Wildman–Crippen LogP) is 2.67. The average molecular weight is 204 g/mol. The Morgan fingerprint density at radius 3 is 2.93 bits per heavy atom. The monoisotopic (exact) mass is 204 g/mol. The van der Waals surface area contributed by atoms with Crippen LogP contribution in [0.1, 0.15) is 37.3 Å². The molecule has 1 N–H and O–H groups in total. The first kappa shape index (κ1) is 10.6. The maximum absolute atomic E-state index is 4.21. The minimum Gasteiger partial charge on any atom is -0.310 e. The molecule has 0 radical (unpaired) electrons. The molecule has 0 aromatic carbocycles. The standard InChI is InChI=1S/C13H20N2/c1-10-6-12(8-14-7-10)9-15-13-5-3-4-11(13)2/h6-8,11,13,15H,3-5,9H2,1-2H3. The maximum atomic E-state index is 4.21. The Bertz CT molecular complexity index is 322. The van der Waals surface area contributed by atoms with Crippen LogP contribution in [0.25, 0.3) is 0 Å². The van der Waals surface area contributed by atoms with Gasteiger partial charge in [-0.1, -0.05) is 19.4 Å². The summed E-state index contributed by atoms with van der Waals surface area (Å²) >= 11 is 0. The molecule has 0 amide bonds. The summed E-state index contributed by atoms with van der Waals surface area (Å²) in [6.07, 6.45) is 7.95. The fourth-order valence-corrected chi connectivity index (χ4v) is 2.41. The van der Waals surface area contributed by atoms with Crippen molar-refractivity contribution in [3.63, 3.8) is 0 Å². The molecule has 1 aliphatic carbocycles. The Labute approximate surface area is 92.1 Å². The molecule has 2 atom stereocenters. The van der Waals surface area contributed by atoms with Gasteiger partial charge in [0.25, 0.3) is 0 Å². The number of aryl methyl sites for hydroxylation is 1. The maximum Gasteiger partial charge on any atom is 0.0313 e. The minimum absolute atomic E-state index is 0.713. The lowest BCUT2D eigenvalue weighted by Gasteiger charge is -2.17. The average Bonchev–Trinajstić information content (AvgIpc) is 2.61. The Hall–Kier alpha value is -0.890. The summed E-state index contributed by atoms with van der Waals surface area (Å²) in [5.41, 5.74) is 2.54. The van der Waals surface area contributed by atoms with Crippen LogP contribution in [-0.4, -0.2) is 11.0 Å². The summed E-state index contributed by atoms with van der Waals surface area (Å²) in [4.78, 5) is 4.21. The first-order valence-electron chi connectivity index (χ1n) is 5.89. The number of pyridine rings is 1. The number of hydrogen-bond donors (Lipinski definition) is 1. The van der Waals surface area contributed by atoms with Crippen LogP contribution in [-0.2, 0) is 6.54 Å². The van der Waals surface area contributed by atoms with Crippen LogP contribution in [0, 0.1) is 12.8 Å². The molecule has 1 aromatic heterocycles. The molecule has 1 aliphatic rings. The van der Waals surface area contributed by atoms with E-state index >= 15 is 0 Å². The largest absolute Gasteiger partial charge is 0.310 e. The summed E-state index contributed by atoms with van der Waals surface area (Å²) in [6, 6.07) is 2.92. The molecule has 1 fully saturated rings. The molecule has 2 nitrogen and oxygen atoms in total. The summed E-state index contributed by atoms with van der Waals surface area (Å²) in [5.74, 6) is 0.836.